The molecule has 0 unspecified atom stereocenters. The minimum atomic E-state index is -0.691. The number of allylic oxidation sites excluding steroid dienone is 1. The normalized spacial score (nSPS) is 51.1. The molecule has 2 heteroatoms. The summed E-state index contributed by atoms with van der Waals surface area (Å²) in [5.41, 5.74) is 0.0785. The highest BCUT2D eigenvalue weighted by Crippen LogP contribution is 2.69. The molecular weight excluding hydrogens is 224 g/mol. The third-order valence-corrected chi connectivity index (χ3v) is 5.99. The molecule has 5 atom stereocenters. The van der Waals surface area contributed by atoms with Crippen molar-refractivity contribution in [1.29, 1.82) is 0 Å². The molecule has 0 aliphatic heterocycles. The molecule has 4 aliphatic carbocycles. The predicted molar refractivity (Wildman–Crippen MR) is 71.0 cm³/mol. The lowest BCUT2D eigenvalue weighted by Gasteiger charge is -2.54. The van der Waals surface area contributed by atoms with Gasteiger partial charge >= 0.3 is 0 Å². The summed E-state index contributed by atoms with van der Waals surface area (Å²) in [6, 6.07) is 0. The molecule has 100 valence electrons. The maximum atomic E-state index is 12.8. The van der Waals surface area contributed by atoms with E-state index in [2.05, 4.69) is 20.4 Å². The highest BCUT2D eigenvalue weighted by atomic mass is 16.3. The summed E-state index contributed by atoms with van der Waals surface area (Å²) in [4.78, 5) is 12.8. The SMILES string of the molecule is C=C1C[C@@]2(C)C[C@@H]3[C@H](C(C)(C)O)C[C@](C)(C2=O)[C@H]13. The van der Waals surface area contributed by atoms with E-state index in [-0.39, 0.29) is 16.7 Å². The van der Waals surface area contributed by atoms with Crippen LogP contribution in [0, 0.1) is 28.6 Å². The van der Waals surface area contributed by atoms with Crippen molar-refractivity contribution < 1.29 is 9.90 Å². The molecule has 0 saturated heterocycles. The first-order valence-corrected chi connectivity index (χ1v) is 7.04. The minimum Gasteiger partial charge on any atom is -0.390 e. The van der Waals surface area contributed by atoms with Gasteiger partial charge < -0.3 is 5.11 Å². The van der Waals surface area contributed by atoms with E-state index in [1.54, 1.807) is 0 Å². The van der Waals surface area contributed by atoms with E-state index >= 15 is 0 Å². The summed E-state index contributed by atoms with van der Waals surface area (Å²) in [5, 5.41) is 10.4. The highest BCUT2D eigenvalue weighted by molar-refractivity contribution is 5.93. The molecule has 0 aromatic rings. The van der Waals surface area contributed by atoms with Crippen molar-refractivity contribution in [3.63, 3.8) is 0 Å². The summed E-state index contributed by atoms with van der Waals surface area (Å²) < 4.78 is 0. The third kappa shape index (κ3) is 1.25. The molecule has 4 rings (SSSR count). The second-order valence-corrected chi connectivity index (χ2v) is 7.95. The largest absolute Gasteiger partial charge is 0.390 e. The molecule has 18 heavy (non-hydrogen) atoms. The minimum absolute atomic E-state index is 0.217. The van der Waals surface area contributed by atoms with E-state index in [1.807, 2.05) is 13.8 Å². The summed E-state index contributed by atoms with van der Waals surface area (Å²) in [6.07, 6.45) is 2.64. The van der Waals surface area contributed by atoms with Crippen LogP contribution in [0.5, 0.6) is 0 Å². The van der Waals surface area contributed by atoms with E-state index in [9.17, 15) is 9.90 Å². The number of ketones is 1. The standard InChI is InChI=1S/C16H24O2/c1-9-6-15(4)7-10-11(14(2,3)18)8-16(5,12(9)10)13(15)17/h10-12,18H,1,6-8H2,2-5H3/t10-,11-,12-,15+,16+/m1/s1. The number of aliphatic hydroxyl groups is 1. The zero-order valence-electron chi connectivity index (χ0n) is 11.9. The summed E-state index contributed by atoms with van der Waals surface area (Å²) in [6.45, 7) is 12.2. The van der Waals surface area contributed by atoms with Gasteiger partial charge in [-0.3, -0.25) is 4.79 Å². The third-order valence-electron chi connectivity index (χ3n) is 5.99. The molecule has 0 radical (unpaired) electrons. The van der Waals surface area contributed by atoms with Gasteiger partial charge in [0.1, 0.15) is 5.78 Å². The van der Waals surface area contributed by atoms with Crippen molar-refractivity contribution in [1.82, 2.24) is 0 Å². The van der Waals surface area contributed by atoms with Crippen LogP contribution in [0.3, 0.4) is 0 Å². The number of Topliss-reactive ketones (excluding diaryl/α,β-unsaturated/α-hetero) is 1. The van der Waals surface area contributed by atoms with Gasteiger partial charge in [0.15, 0.2) is 0 Å². The Kier molecular flexibility index (Phi) is 2.13. The Morgan fingerprint density at radius 3 is 2.50 bits per heavy atom. The van der Waals surface area contributed by atoms with Gasteiger partial charge in [-0.05, 0) is 50.9 Å². The molecule has 4 fully saturated rings. The van der Waals surface area contributed by atoms with Gasteiger partial charge in [-0.15, -0.1) is 0 Å². The fraction of sp³-hybridized carbons (Fsp3) is 0.812. The zero-order chi connectivity index (χ0) is 13.5. The average Bonchev–Trinajstić information content (AvgIpc) is 2.47. The lowest BCUT2D eigenvalue weighted by Crippen LogP contribution is -2.54. The number of carbonyl (C=O) groups excluding carboxylic acids is 1. The molecule has 0 aromatic heterocycles. The van der Waals surface area contributed by atoms with Crippen LogP contribution in [-0.2, 0) is 4.79 Å². The predicted octanol–water partition coefficient (Wildman–Crippen LogP) is 2.95. The number of carbonyl (C=O) groups is 1. The molecule has 0 spiro atoms. The van der Waals surface area contributed by atoms with Crippen LogP contribution < -0.4 is 0 Å². The van der Waals surface area contributed by atoms with Gasteiger partial charge in [-0.2, -0.15) is 0 Å². The number of hydrogen-bond acceptors (Lipinski definition) is 2. The van der Waals surface area contributed by atoms with Crippen molar-refractivity contribution in [2.75, 3.05) is 0 Å². The Balaban J connectivity index is 2.12. The summed E-state index contributed by atoms with van der Waals surface area (Å²) >= 11 is 0. The first-order valence-electron chi connectivity index (χ1n) is 7.04. The van der Waals surface area contributed by atoms with Gasteiger partial charge in [0, 0.05) is 10.8 Å². The molecule has 0 amide bonds. The van der Waals surface area contributed by atoms with E-state index < -0.39 is 5.60 Å². The van der Waals surface area contributed by atoms with Gasteiger partial charge in [0.2, 0.25) is 0 Å². The fourth-order valence-corrected chi connectivity index (χ4v) is 5.53. The van der Waals surface area contributed by atoms with E-state index in [0.29, 0.717) is 17.6 Å². The average molecular weight is 248 g/mol. The van der Waals surface area contributed by atoms with Crippen LogP contribution in [0.4, 0.5) is 0 Å². The molecule has 4 saturated carbocycles. The van der Waals surface area contributed by atoms with Gasteiger partial charge in [0.05, 0.1) is 5.60 Å². The van der Waals surface area contributed by atoms with Crippen molar-refractivity contribution in [2.45, 2.75) is 52.6 Å². The lowest BCUT2D eigenvalue weighted by molar-refractivity contribution is -0.149. The van der Waals surface area contributed by atoms with E-state index in [4.69, 9.17) is 0 Å². The molecule has 2 nitrogen and oxygen atoms in total. The van der Waals surface area contributed by atoms with E-state index in [0.717, 1.165) is 19.3 Å². The van der Waals surface area contributed by atoms with Crippen LogP contribution >= 0.6 is 0 Å². The second kappa shape index (κ2) is 3.09. The lowest BCUT2D eigenvalue weighted by atomic mass is 9.48. The van der Waals surface area contributed by atoms with Crippen molar-refractivity contribution >= 4 is 5.78 Å². The van der Waals surface area contributed by atoms with Gasteiger partial charge in [0.25, 0.3) is 0 Å². The van der Waals surface area contributed by atoms with Crippen molar-refractivity contribution in [3.05, 3.63) is 12.2 Å². The van der Waals surface area contributed by atoms with Crippen molar-refractivity contribution in [2.24, 2.45) is 28.6 Å². The zero-order valence-corrected chi connectivity index (χ0v) is 11.9. The summed E-state index contributed by atoms with van der Waals surface area (Å²) in [7, 11) is 0. The van der Waals surface area contributed by atoms with Gasteiger partial charge in [-0.25, -0.2) is 0 Å². The first kappa shape index (κ1) is 12.4. The number of hydrogen-bond donors (Lipinski definition) is 1. The Morgan fingerprint density at radius 2 is 1.94 bits per heavy atom. The molecular formula is C16H24O2. The van der Waals surface area contributed by atoms with Crippen LogP contribution in [0.15, 0.2) is 12.2 Å². The van der Waals surface area contributed by atoms with Crippen LogP contribution in [0.2, 0.25) is 0 Å². The second-order valence-electron chi connectivity index (χ2n) is 7.95. The van der Waals surface area contributed by atoms with Crippen LogP contribution in [-0.4, -0.2) is 16.5 Å². The molecule has 4 bridgehead atoms. The Labute approximate surface area is 109 Å². The molecule has 0 heterocycles. The highest BCUT2D eigenvalue weighted by Gasteiger charge is 2.69. The monoisotopic (exact) mass is 248 g/mol. The quantitative estimate of drug-likeness (QED) is 0.724. The first-order chi connectivity index (χ1) is 8.09. The van der Waals surface area contributed by atoms with E-state index in [1.165, 1.54) is 5.57 Å². The number of rotatable bonds is 1. The Bertz CT molecular complexity index is 445. The summed E-state index contributed by atoms with van der Waals surface area (Å²) in [5.74, 6) is 1.41. The van der Waals surface area contributed by atoms with Gasteiger partial charge in [-0.1, -0.05) is 26.0 Å². The topological polar surface area (TPSA) is 37.3 Å². The van der Waals surface area contributed by atoms with Crippen LogP contribution in [0.25, 0.3) is 0 Å². The van der Waals surface area contributed by atoms with Crippen molar-refractivity contribution in [3.8, 4) is 0 Å². The molecule has 0 aromatic carbocycles. The molecule has 1 N–H and O–H groups in total. The van der Waals surface area contributed by atoms with Crippen LogP contribution in [0.1, 0.15) is 47.0 Å². The smallest absolute Gasteiger partial charge is 0.145 e. The Morgan fingerprint density at radius 1 is 1.33 bits per heavy atom. The maximum absolute atomic E-state index is 12.8. The maximum Gasteiger partial charge on any atom is 0.145 e. The molecule has 4 aliphatic rings. The fourth-order valence-electron chi connectivity index (χ4n) is 5.53. The number of fused-ring (bicyclic) bond motifs is 1. The Hall–Kier alpha value is -0.630.